The molecule has 0 aromatic rings. The van der Waals surface area contributed by atoms with Crippen LogP contribution in [0.4, 0.5) is 0 Å². The Morgan fingerprint density at radius 3 is 0.820 bits per heavy atom. The summed E-state index contributed by atoms with van der Waals surface area (Å²) in [5.41, 5.74) is 0. The topological polar surface area (TPSA) is 237 Å². The summed E-state index contributed by atoms with van der Waals surface area (Å²) < 4.78 is 68.4. The van der Waals surface area contributed by atoms with Crippen LogP contribution in [0.5, 0.6) is 0 Å². The monoisotopic (exact) mass is 1450 g/mol. The Bertz CT molecular complexity index is 2320. The summed E-state index contributed by atoms with van der Waals surface area (Å²) in [5.74, 6) is -2.27. The summed E-state index contributed by atoms with van der Waals surface area (Å²) in [4.78, 5) is 72.9. The highest BCUT2D eigenvalue weighted by Crippen LogP contribution is 2.45. The Hall–Kier alpha value is -4.28. The van der Waals surface area contributed by atoms with Gasteiger partial charge in [0.2, 0.25) is 0 Å². The van der Waals surface area contributed by atoms with Gasteiger partial charge in [-0.05, 0) is 154 Å². The maximum Gasteiger partial charge on any atom is 0.472 e. The molecule has 0 amide bonds. The van der Waals surface area contributed by atoms with Crippen molar-refractivity contribution in [2.45, 2.75) is 341 Å². The zero-order valence-electron chi connectivity index (χ0n) is 62.8. The van der Waals surface area contributed by atoms with Crippen molar-refractivity contribution in [3.63, 3.8) is 0 Å². The van der Waals surface area contributed by atoms with Gasteiger partial charge in [-0.1, -0.05) is 253 Å². The van der Waals surface area contributed by atoms with E-state index in [2.05, 4.69) is 125 Å². The van der Waals surface area contributed by atoms with Crippen molar-refractivity contribution in [2.75, 3.05) is 39.6 Å². The summed E-state index contributed by atoms with van der Waals surface area (Å²) in [7, 11) is -9.98. The molecule has 100 heavy (non-hydrogen) atoms. The van der Waals surface area contributed by atoms with E-state index in [1.807, 2.05) is 12.2 Å². The Kier molecular flexibility index (Phi) is 69.9. The lowest BCUT2D eigenvalue weighted by Gasteiger charge is -2.21. The Morgan fingerprint density at radius 2 is 0.500 bits per heavy atom. The highest BCUT2D eigenvalue weighted by atomic mass is 31.2. The quantitative estimate of drug-likeness (QED) is 0.0169. The molecule has 0 aliphatic rings. The summed E-state index contributed by atoms with van der Waals surface area (Å²) in [6, 6.07) is 0. The van der Waals surface area contributed by atoms with Crippen LogP contribution in [0.3, 0.4) is 0 Å². The number of hydrogen-bond donors (Lipinski definition) is 3. The first-order chi connectivity index (χ1) is 48.7. The van der Waals surface area contributed by atoms with E-state index in [0.717, 1.165) is 154 Å². The smallest absolute Gasteiger partial charge is 0.462 e. The van der Waals surface area contributed by atoms with E-state index in [0.29, 0.717) is 32.1 Å². The molecule has 2 unspecified atom stereocenters. The number of phosphoric acid groups is 2. The molecule has 0 saturated heterocycles. The van der Waals surface area contributed by atoms with Crippen molar-refractivity contribution in [3.8, 4) is 0 Å². The van der Waals surface area contributed by atoms with Crippen molar-refractivity contribution in [2.24, 2.45) is 0 Å². The molecule has 0 rings (SSSR count). The van der Waals surface area contributed by atoms with Gasteiger partial charge in [0.15, 0.2) is 12.2 Å². The first-order valence-electron chi connectivity index (χ1n) is 39.1. The second-order valence-corrected chi connectivity index (χ2v) is 28.8. The van der Waals surface area contributed by atoms with Crippen LogP contribution in [0, 0.1) is 0 Å². The van der Waals surface area contributed by atoms with E-state index in [1.54, 1.807) is 0 Å². The minimum absolute atomic E-state index is 0.0720. The van der Waals surface area contributed by atoms with Crippen LogP contribution in [-0.4, -0.2) is 96.7 Å². The van der Waals surface area contributed by atoms with Crippen LogP contribution in [0.25, 0.3) is 0 Å². The normalized spacial score (nSPS) is 14.5. The van der Waals surface area contributed by atoms with E-state index in [9.17, 15) is 43.2 Å². The van der Waals surface area contributed by atoms with Crippen molar-refractivity contribution < 1.29 is 80.2 Å². The summed E-state index contributed by atoms with van der Waals surface area (Å²) in [6.45, 7) is 4.69. The molecule has 0 bridgehead atoms. The molecular formula is C81H140O17P2. The van der Waals surface area contributed by atoms with Crippen LogP contribution in [-0.2, 0) is 65.4 Å². The molecule has 17 nitrogen and oxygen atoms in total. The molecule has 576 valence electrons. The summed E-state index contributed by atoms with van der Waals surface area (Å²) in [5, 5.41) is 10.6. The van der Waals surface area contributed by atoms with Gasteiger partial charge in [0, 0.05) is 25.7 Å². The molecule has 0 radical (unpaired) electrons. The number of carbonyl (C=O) groups excluding carboxylic acids is 4. The van der Waals surface area contributed by atoms with E-state index >= 15 is 0 Å². The number of allylic oxidation sites excluding steroid dienone is 18. The average molecular weight is 1450 g/mol. The van der Waals surface area contributed by atoms with Gasteiger partial charge in [-0.3, -0.25) is 37.3 Å². The zero-order chi connectivity index (χ0) is 73.2. The number of rotatable bonds is 73. The molecule has 19 heteroatoms. The Labute approximate surface area is 607 Å². The fourth-order valence-electron chi connectivity index (χ4n) is 10.1. The number of esters is 4. The fourth-order valence-corrected chi connectivity index (χ4v) is 11.7. The third-order valence-corrected chi connectivity index (χ3v) is 18.1. The van der Waals surface area contributed by atoms with Crippen LogP contribution < -0.4 is 0 Å². The predicted octanol–water partition coefficient (Wildman–Crippen LogP) is 22.6. The van der Waals surface area contributed by atoms with Gasteiger partial charge < -0.3 is 33.8 Å². The van der Waals surface area contributed by atoms with Gasteiger partial charge >= 0.3 is 39.5 Å². The standard InChI is InChI=1S/C81H140O17P2/c1-5-9-13-17-21-25-29-33-36-37-40-43-46-50-54-58-62-66-79(84)92-71-76(97-80(85)67-63-59-55-51-47-41-32-28-24-20-16-12-8-4)73-95-99(87,88)93-69-75(82)70-94-100(89,90)96-74-77(98-81(86)68-64-60-56-52-48-44-39-35-31-27-23-19-15-11-7-3)72-91-78(83)65-61-57-53-49-45-42-38-34-30-26-22-18-14-10-6-2/h21-23,25-28,32-36,38-40,43,50,54,75-77,82H,5-20,24,29-31,37,41-42,44-49,51-53,55-74H2,1-4H3,(H,87,88)(H,89,90)/b25-21-,26-22-,27-23-,32-28-,36-33-,38-34-,39-35-,43-40-,54-50-/t75-,76+,77+/m0/s1. The zero-order valence-corrected chi connectivity index (χ0v) is 64.6. The molecule has 0 aliphatic heterocycles. The number of phosphoric ester groups is 2. The minimum Gasteiger partial charge on any atom is -0.462 e. The van der Waals surface area contributed by atoms with Crippen LogP contribution >= 0.6 is 15.6 Å². The number of carbonyl (C=O) groups is 4. The predicted molar refractivity (Wildman–Crippen MR) is 408 cm³/mol. The van der Waals surface area contributed by atoms with Gasteiger partial charge in [-0.25, -0.2) is 9.13 Å². The SMILES string of the molecule is CCCCC/C=C\C/C=C\C/C=C\C/C=C\CCCC(=O)OC[C@H](COP(=O)(O)OC[C@H](O)COP(=O)(O)OC[C@@H](COC(=O)CCCCCCC/C=C\C/C=C\CCCCC)OC(=O)CCCCCCC/C=C\C/C=C\CCCCC)OC(=O)CCCCCCC/C=C\CCCCCC. The lowest BCUT2D eigenvalue weighted by molar-refractivity contribution is -0.161. The highest BCUT2D eigenvalue weighted by molar-refractivity contribution is 7.47. The molecule has 0 aromatic carbocycles. The van der Waals surface area contributed by atoms with Gasteiger partial charge in [-0.2, -0.15) is 0 Å². The molecule has 0 heterocycles. The second kappa shape index (κ2) is 73.0. The third-order valence-electron chi connectivity index (χ3n) is 16.2. The van der Waals surface area contributed by atoms with E-state index < -0.39 is 97.5 Å². The molecule has 0 spiro atoms. The molecule has 0 fully saturated rings. The Balaban J connectivity index is 5.42. The first-order valence-corrected chi connectivity index (χ1v) is 42.1. The maximum atomic E-state index is 13.1. The molecule has 0 aromatic heterocycles. The van der Waals surface area contributed by atoms with Crippen molar-refractivity contribution in [3.05, 3.63) is 109 Å². The molecular weight excluding hydrogens is 1310 g/mol. The van der Waals surface area contributed by atoms with Crippen LogP contribution in [0.2, 0.25) is 0 Å². The van der Waals surface area contributed by atoms with Crippen molar-refractivity contribution >= 4 is 39.5 Å². The number of aliphatic hydroxyl groups excluding tert-OH is 1. The lowest BCUT2D eigenvalue weighted by atomic mass is 10.1. The Morgan fingerprint density at radius 1 is 0.280 bits per heavy atom. The number of hydrogen-bond acceptors (Lipinski definition) is 15. The number of ether oxygens (including phenoxy) is 4. The van der Waals surface area contributed by atoms with E-state index in [4.69, 9.17) is 37.0 Å². The number of unbranched alkanes of at least 4 members (excludes halogenated alkanes) is 29. The fraction of sp³-hybridized carbons (Fsp3) is 0.728. The van der Waals surface area contributed by atoms with Crippen molar-refractivity contribution in [1.82, 2.24) is 0 Å². The van der Waals surface area contributed by atoms with Crippen molar-refractivity contribution in [1.29, 1.82) is 0 Å². The summed E-state index contributed by atoms with van der Waals surface area (Å²) >= 11 is 0. The maximum absolute atomic E-state index is 13.1. The van der Waals surface area contributed by atoms with Crippen LogP contribution in [0.15, 0.2) is 109 Å². The number of aliphatic hydroxyl groups is 1. The minimum atomic E-state index is -4.99. The van der Waals surface area contributed by atoms with E-state index in [-0.39, 0.29) is 25.7 Å². The van der Waals surface area contributed by atoms with Gasteiger partial charge in [0.1, 0.15) is 19.3 Å². The molecule has 0 aliphatic carbocycles. The van der Waals surface area contributed by atoms with Gasteiger partial charge in [0.05, 0.1) is 26.4 Å². The lowest BCUT2D eigenvalue weighted by Crippen LogP contribution is -2.30. The highest BCUT2D eigenvalue weighted by Gasteiger charge is 2.30. The largest absolute Gasteiger partial charge is 0.472 e. The molecule has 3 N–H and O–H groups in total. The molecule has 5 atom stereocenters. The first kappa shape index (κ1) is 95.7. The van der Waals surface area contributed by atoms with Gasteiger partial charge in [0.25, 0.3) is 0 Å². The average Bonchev–Trinajstić information content (AvgIpc) is 0.965. The summed E-state index contributed by atoms with van der Waals surface area (Å²) in [6.07, 6.45) is 77.9. The van der Waals surface area contributed by atoms with Crippen LogP contribution in [0.1, 0.15) is 323 Å². The third kappa shape index (κ3) is 72.1. The second-order valence-electron chi connectivity index (χ2n) is 25.9. The molecule has 0 saturated carbocycles. The van der Waals surface area contributed by atoms with Gasteiger partial charge in [-0.15, -0.1) is 0 Å². The van der Waals surface area contributed by atoms with E-state index in [1.165, 1.54) is 83.5 Å².